The van der Waals surface area contributed by atoms with Crippen molar-refractivity contribution in [2.24, 2.45) is 17.8 Å². The highest BCUT2D eigenvalue weighted by Crippen LogP contribution is 2.55. The van der Waals surface area contributed by atoms with Crippen molar-refractivity contribution in [3.63, 3.8) is 0 Å². The number of anilines is 1. The molecule has 7 rings (SSSR count). The van der Waals surface area contributed by atoms with E-state index < -0.39 is 5.60 Å². The van der Waals surface area contributed by atoms with E-state index in [2.05, 4.69) is 10.3 Å². The highest BCUT2D eigenvalue weighted by molar-refractivity contribution is 5.95. The van der Waals surface area contributed by atoms with Gasteiger partial charge in [-0.1, -0.05) is 12.8 Å². The van der Waals surface area contributed by atoms with Crippen molar-refractivity contribution < 1.29 is 19.7 Å². The fraction of sp³-hybridized carbons (Fsp3) is 0.800. The van der Waals surface area contributed by atoms with Crippen LogP contribution in [0.5, 0.6) is 0 Å². The molecule has 3 N–H and O–H groups in total. The molecular weight excluding hydrogens is 420 g/mol. The second-order valence-corrected chi connectivity index (χ2v) is 11.2. The molecule has 0 radical (unpaired) electrons. The summed E-state index contributed by atoms with van der Waals surface area (Å²) in [5, 5.41) is 24.1. The van der Waals surface area contributed by atoms with Crippen molar-refractivity contribution in [1.82, 2.24) is 15.3 Å². The Labute approximate surface area is 195 Å². The van der Waals surface area contributed by atoms with Crippen molar-refractivity contribution in [1.29, 1.82) is 0 Å². The lowest BCUT2D eigenvalue weighted by atomic mass is 9.52. The fourth-order valence-electron chi connectivity index (χ4n) is 7.72. The van der Waals surface area contributed by atoms with Crippen molar-refractivity contribution >= 4 is 11.9 Å². The maximum Gasteiger partial charge on any atom is 0.254 e. The summed E-state index contributed by atoms with van der Waals surface area (Å²) in [4.78, 5) is 25.1. The second kappa shape index (κ2) is 8.47. The monoisotopic (exact) mass is 456 g/mol. The van der Waals surface area contributed by atoms with Crippen LogP contribution in [0.1, 0.15) is 79.8 Å². The number of nitrogens with zero attached hydrogens (tertiary/aromatic N) is 3. The first-order chi connectivity index (χ1) is 16.0. The summed E-state index contributed by atoms with van der Waals surface area (Å²) in [7, 11) is 0. The van der Waals surface area contributed by atoms with E-state index in [9.17, 15) is 15.0 Å². The van der Waals surface area contributed by atoms with Crippen LogP contribution in [0.4, 0.5) is 5.95 Å². The minimum absolute atomic E-state index is 0.0117. The number of aromatic nitrogens is 2. The average molecular weight is 457 g/mol. The lowest BCUT2D eigenvalue weighted by molar-refractivity contribution is -0.136. The number of hydrogen-bond donors (Lipinski definition) is 3. The Morgan fingerprint density at radius 1 is 1.21 bits per heavy atom. The molecular formula is C25H36N4O4. The van der Waals surface area contributed by atoms with Crippen LogP contribution in [0.3, 0.4) is 0 Å². The molecule has 180 valence electrons. The van der Waals surface area contributed by atoms with E-state index in [-0.39, 0.29) is 30.5 Å². The predicted molar refractivity (Wildman–Crippen MR) is 122 cm³/mol. The third-order valence-electron chi connectivity index (χ3n) is 9.03. The van der Waals surface area contributed by atoms with Gasteiger partial charge in [-0.3, -0.25) is 4.79 Å². The predicted octanol–water partition coefficient (Wildman–Crippen LogP) is 2.00. The molecule has 33 heavy (non-hydrogen) atoms. The number of nitrogens with one attached hydrogen (secondary N) is 1. The lowest BCUT2D eigenvalue weighted by Crippen LogP contribution is -2.61. The van der Waals surface area contributed by atoms with Gasteiger partial charge in [0.25, 0.3) is 5.91 Å². The van der Waals surface area contributed by atoms with Gasteiger partial charge in [-0.05, 0) is 62.7 Å². The zero-order chi connectivity index (χ0) is 22.6. The van der Waals surface area contributed by atoms with Crippen LogP contribution in [-0.4, -0.2) is 70.1 Å². The molecule has 0 spiro atoms. The van der Waals surface area contributed by atoms with Gasteiger partial charge in [-0.2, -0.15) is 0 Å². The van der Waals surface area contributed by atoms with E-state index in [0.29, 0.717) is 49.0 Å². The third kappa shape index (κ3) is 3.94. The molecule has 3 unspecified atom stereocenters. The van der Waals surface area contributed by atoms with Gasteiger partial charge in [0.2, 0.25) is 5.95 Å². The zero-order valence-corrected chi connectivity index (χ0v) is 19.3. The molecule has 1 aliphatic heterocycles. The Bertz CT molecular complexity index is 888. The van der Waals surface area contributed by atoms with Crippen LogP contribution in [0.2, 0.25) is 0 Å². The van der Waals surface area contributed by atoms with Crippen LogP contribution >= 0.6 is 0 Å². The van der Waals surface area contributed by atoms with Crippen molar-refractivity contribution in [3.8, 4) is 0 Å². The van der Waals surface area contributed by atoms with Crippen LogP contribution in [0.15, 0.2) is 6.20 Å². The van der Waals surface area contributed by atoms with E-state index in [4.69, 9.17) is 9.72 Å². The number of morpholine rings is 1. The van der Waals surface area contributed by atoms with Crippen molar-refractivity contribution in [2.45, 2.75) is 81.4 Å². The molecule has 3 atom stereocenters. The SMILES string of the molecule is O=C(N[C@H]1C2CC3CC1C[C@@](O)(C3)C2)c1cnc(N2CCOCC2CO)nc1C1CCCC1. The number of carbonyl (C=O) groups excluding carboxylic acids is 1. The van der Waals surface area contributed by atoms with Crippen LogP contribution in [0.25, 0.3) is 0 Å². The first-order valence-electron chi connectivity index (χ1n) is 12.9. The molecule has 1 aromatic rings. The molecule has 1 aromatic heterocycles. The van der Waals surface area contributed by atoms with Gasteiger partial charge >= 0.3 is 0 Å². The average Bonchev–Trinajstić information content (AvgIpc) is 3.35. The van der Waals surface area contributed by atoms with Gasteiger partial charge in [0.15, 0.2) is 0 Å². The number of amides is 1. The molecule has 8 nitrogen and oxygen atoms in total. The van der Waals surface area contributed by atoms with E-state index in [1.54, 1.807) is 6.20 Å². The molecule has 6 fully saturated rings. The Kier molecular flexibility index (Phi) is 5.58. The minimum Gasteiger partial charge on any atom is -0.394 e. The summed E-state index contributed by atoms with van der Waals surface area (Å²) in [6, 6.07) is -0.0165. The standard InChI is InChI=1S/C25H36N4O4/c30-13-19-14-33-6-5-29(19)24-26-12-20(22(28-24)16-3-1-2-4-16)23(31)27-21-17-7-15-8-18(21)11-25(32,9-15)10-17/h12,15-19,21,30,32H,1-11,13-14H2,(H,27,31)/t15?,17?,18?,19?,21-,25+. The Balaban J connectivity index is 1.26. The van der Waals surface area contributed by atoms with Gasteiger partial charge in [-0.15, -0.1) is 0 Å². The largest absolute Gasteiger partial charge is 0.394 e. The Morgan fingerprint density at radius 2 is 1.97 bits per heavy atom. The molecule has 5 aliphatic carbocycles. The smallest absolute Gasteiger partial charge is 0.254 e. The van der Waals surface area contributed by atoms with Crippen molar-refractivity contribution in [3.05, 3.63) is 17.5 Å². The number of hydrogen-bond acceptors (Lipinski definition) is 7. The normalized spacial score (nSPS) is 38.1. The second-order valence-electron chi connectivity index (χ2n) is 11.2. The number of aliphatic hydroxyl groups is 2. The van der Waals surface area contributed by atoms with Crippen LogP contribution in [-0.2, 0) is 4.74 Å². The summed E-state index contributed by atoms with van der Waals surface area (Å²) in [5.41, 5.74) is 0.964. The number of aliphatic hydroxyl groups excluding tert-OH is 1. The molecule has 4 bridgehead atoms. The summed E-state index contributed by atoms with van der Waals surface area (Å²) >= 11 is 0. The quantitative estimate of drug-likeness (QED) is 0.622. The number of ether oxygens (including phenoxy) is 1. The van der Waals surface area contributed by atoms with E-state index in [1.165, 1.54) is 0 Å². The number of carbonyl (C=O) groups is 1. The fourth-order valence-corrected chi connectivity index (χ4v) is 7.72. The van der Waals surface area contributed by atoms with Crippen molar-refractivity contribution in [2.75, 3.05) is 31.3 Å². The Morgan fingerprint density at radius 3 is 2.67 bits per heavy atom. The third-order valence-corrected chi connectivity index (χ3v) is 9.03. The van der Waals surface area contributed by atoms with Gasteiger partial charge < -0.3 is 25.2 Å². The van der Waals surface area contributed by atoms with Gasteiger partial charge in [0.1, 0.15) is 0 Å². The first kappa shape index (κ1) is 21.7. The molecule has 2 heterocycles. The highest BCUT2D eigenvalue weighted by atomic mass is 16.5. The van der Waals surface area contributed by atoms with E-state index in [1.807, 2.05) is 4.90 Å². The van der Waals surface area contributed by atoms with Gasteiger partial charge in [-0.25, -0.2) is 9.97 Å². The zero-order valence-electron chi connectivity index (χ0n) is 19.3. The lowest BCUT2D eigenvalue weighted by Gasteiger charge is -2.58. The van der Waals surface area contributed by atoms with E-state index >= 15 is 0 Å². The molecule has 5 saturated carbocycles. The van der Waals surface area contributed by atoms with E-state index in [0.717, 1.165) is 63.5 Å². The summed E-state index contributed by atoms with van der Waals surface area (Å²) in [6.07, 6.45) is 10.9. The summed E-state index contributed by atoms with van der Waals surface area (Å²) in [5.74, 6) is 2.17. The molecule has 8 heteroatoms. The molecule has 1 saturated heterocycles. The highest BCUT2D eigenvalue weighted by Gasteiger charge is 2.55. The molecule has 1 amide bonds. The van der Waals surface area contributed by atoms with Gasteiger partial charge in [0.05, 0.1) is 42.7 Å². The Hall–Kier alpha value is -1.77. The molecule has 6 aliphatic rings. The summed E-state index contributed by atoms with van der Waals surface area (Å²) in [6.45, 7) is 1.66. The maximum absolute atomic E-state index is 13.6. The molecule has 0 aromatic carbocycles. The van der Waals surface area contributed by atoms with Crippen LogP contribution < -0.4 is 10.2 Å². The summed E-state index contributed by atoms with van der Waals surface area (Å²) < 4.78 is 5.52. The van der Waals surface area contributed by atoms with Gasteiger partial charge in [0, 0.05) is 24.7 Å². The number of rotatable bonds is 5. The first-order valence-corrected chi connectivity index (χ1v) is 12.9. The maximum atomic E-state index is 13.6. The minimum atomic E-state index is -0.501. The topological polar surface area (TPSA) is 108 Å². The van der Waals surface area contributed by atoms with Crippen LogP contribution in [0, 0.1) is 17.8 Å².